The highest BCUT2D eigenvalue weighted by atomic mass is 16.1. The Morgan fingerprint density at radius 2 is 2.00 bits per heavy atom. The molecule has 4 nitrogen and oxygen atoms in total. The molecule has 0 fully saturated rings. The third kappa shape index (κ3) is 3.48. The topological polar surface area (TPSA) is 46.4 Å². The minimum Gasteiger partial charge on any atom is -0.355 e. The van der Waals surface area contributed by atoms with E-state index in [9.17, 15) is 4.79 Å². The van der Waals surface area contributed by atoms with Gasteiger partial charge in [-0.25, -0.2) is 4.98 Å². The van der Waals surface area contributed by atoms with Crippen LogP contribution in [0.2, 0.25) is 0 Å². The third-order valence-corrected chi connectivity index (χ3v) is 4.33. The van der Waals surface area contributed by atoms with Gasteiger partial charge in [-0.05, 0) is 30.5 Å². The Morgan fingerprint density at radius 3 is 2.71 bits per heavy atom. The molecule has 0 radical (unpaired) electrons. The first-order valence-electron chi connectivity index (χ1n) is 8.45. The van der Waals surface area contributed by atoms with Crippen LogP contribution in [-0.4, -0.2) is 21.8 Å². The second-order valence-corrected chi connectivity index (χ2v) is 6.07. The Labute approximate surface area is 142 Å². The third-order valence-electron chi connectivity index (χ3n) is 4.33. The molecule has 1 atom stereocenters. The molecule has 0 bridgehead atoms. The van der Waals surface area contributed by atoms with Crippen LogP contribution in [0.15, 0.2) is 54.9 Å². The van der Waals surface area contributed by atoms with Gasteiger partial charge >= 0.3 is 0 Å². The van der Waals surface area contributed by atoms with Crippen LogP contribution in [-0.2, 0) is 11.2 Å². The molecular weight excluding hydrogens is 298 g/mol. The Morgan fingerprint density at radius 1 is 1.21 bits per heavy atom. The summed E-state index contributed by atoms with van der Waals surface area (Å²) in [5.74, 6) is -0.00171. The monoisotopic (exact) mass is 321 g/mol. The number of fused-ring (bicyclic) bond motifs is 1. The minimum absolute atomic E-state index is 0.0867. The highest BCUT2D eigenvalue weighted by Gasteiger charge is 2.17. The number of amides is 1. The number of benzene rings is 1. The summed E-state index contributed by atoms with van der Waals surface area (Å²) >= 11 is 0. The first kappa shape index (κ1) is 16.2. The fraction of sp³-hybridized carbons (Fsp3) is 0.300. The molecule has 0 aliphatic carbocycles. The number of carbonyl (C=O) groups is 1. The summed E-state index contributed by atoms with van der Waals surface area (Å²) in [6.07, 6.45) is 5.56. The summed E-state index contributed by atoms with van der Waals surface area (Å²) < 4.78 is 2.03. The molecule has 0 saturated carbocycles. The average molecular weight is 321 g/mol. The molecule has 1 N–H and O–H groups in total. The molecule has 3 aromatic rings. The zero-order chi connectivity index (χ0) is 16.9. The number of hydrogen-bond acceptors (Lipinski definition) is 2. The number of rotatable bonds is 6. The standard InChI is InChI=1S/C20H23N3O/c1-3-18(16-9-5-4-6-10-16)20(24)21-12-11-17-14-23-13-7-8-15(2)19(23)22-17/h4-10,13-14,18H,3,11-12H2,1-2H3,(H,21,24)/t18-/m1/s1. The van der Waals surface area contributed by atoms with E-state index in [1.54, 1.807) is 0 Å². The molecule has 2 heterocycles. The van der Waals surface area contributed by atoms with Gasteiger partial charge < -0.3 is 9.72 Å². The van der Waals surface area contributed by atoms with Crippen molar-refractivity contribution in [2.24, 2.45) is 0 Å². The molecule has 124 valence electrons. The van der Waals surface area contributed by atoms with Gasteiger partial charge in [-0.2, -0.15) is 0 Å². The Hall–Kier alpha value is -2.62. The maximum absolute atomic E-state index is 12.5. The Kier molecular flexibility index (Phi) is 4.94. The molecule has 0 saturated heterocycles. The zero-order valence-corrected chi connectivity index (χ0v) is 14.2. The average Bonchev–Trinajstić information content (AvgIpc) is 3.01. The van der Waals surface area contributed by atoms with Gasteiger partial charge in [0.25, 0.3) is 0 Å². The molecule has 4 heteroatoms. The van der Waals surface area contributed by atoms with Crippen LogP contribution in [0.5, 0.6) is 0 Å². The maximum atomic E-state index is 12.5. The minimum atomic E-state index is -0.0884. The van der Waals surface area contributed by atoms with Crippen LogP contribution in [0.4, 0.5) is 0 Å². The quantitative estimate of drug-likeness (QED) is 0.755. The molecule has 3 rings (SSSR count). The fourth-order valence-corrected chi connectivity index (χ4v) is 3.02. The van der Waals surface area contributed by atoms with E-state index in [1.807, 2.05) is 60.1 Å². The summed E-state index contributed by atoms with van der Waals surface area (Å²) in [4.78, 5) is 17.1. The van der Waals surface area contributed by atoms with E-state index in [-0.39, 0.29) is 11.8 Å². The molecule has 0 aliphatic heterocycles. The van der Waals surface area contributed by atoms with E-state index < -0.39 is 0 Å². The van der Waals surface area contributed by atoms with Crippen molar-refractivity contribution in [1.82, 2.24) is 14.7 Å². The fourth-order valence-electron chi connectivity index (χ4n) is 3.02. The normalized spacial score (nSPS) is 12.2. The largest absolute Gasteiger partial charge is 0.355 e. The Balaban J connectivity index is 1.60. The molecule has 24 heavy (non-hydrogen) atoms. The SMILES string of the molecule is CC[C@@H](C(=O)NCCc1cn2cccc(C)c2n1)c1ccccc1. The molecule has 1 amide bonds. The highest BCUT2D eigenvalue weighted by Crippen LogP contribution is 2.19. The van der Waals surface area contributed by atoms with Crippen molar-refractivity contribution in [3.63, 3.8) is 0 Å². The Bertz CT molecular complexity index is 823. The number of hydrogen-bond donors (Lipinski definition) is 1. The highest BCUT2D eigenvalue weighted by molar-refractivity contribution is 5.83. The van der Waals surface area contributed by atoms with E-state index >= 15 is 0 Å². The van der Waals surface area contributed by atoms with Gasteiger partial charge in [0.15, 0.2) is 0 Å². The van der Waals surface area contributed by atoms with Gasteiger partial charge in [0.1, 0.15) is 5.65 Å². The number of imidazole rings is 1. The number of carbonyl (C=O) groups excluding carboxylic acids is 1. The maximum Gasteiger partial charge on any atom is 0.227 e. The van der Waals surface area contributed by atoms with Gasteiger partial charge in [0.2, 0.25) is 5.91 Å². The molecule has 1 aromatic carbocycles. The summed E-state index contributed by atoms with van der Waals surface area (Å²) in [6, 6.07) is 14.0. The lowest BCUT2D eigenvalue weighted by Crippen LogP contribution is -2.30. The second-order valence-electron chi connectivity index (χ2n) is 6.07. The van der Waals surface area contributed by atoms with Crippen LogP contribution in [0.1, 0.15) is 36.1 Å². The molecular formula is C20H23N3O. The van der Waals surface area contributed by atoms with E-state index in [4.69, 9.17) is 0 Å². The summed E-state index contributed by atoms with van der Waals surface area (Å²) in [5, 5.41) is 3.05. The van der Waals surface area contributed by atoms with Gasteiger partial charge in [-0.1, -0.05) is 43.3 Å². The molecule has 0 spiro atoms. The number of pyridine rings is 1. The first-order chi connectivity index (χ1) is 11.7. The van der Waals surface area contributed by atoms with E-state index in [0.29, 0.717) is 6.54 Å². The lowest BCUT2D eigenvalue weighted by atomic mass is 9.96. The van der Waals surface area contributed by atoms with E-state index in [1.165, 1.54) is 0 Å². The van der Waals surface area contributed by atoms with Crippen molar-refractivity contribution in [2.45, 2.75) is 32.6 Å². The lowest BCUT2D eigenvalue weighted by Gasteiger charge is -2.15. The number of nitrogens with one attached hydrogen (secondary N) is 1. The van der Waals surface area contributed by atoms with Crippen LogP contribution >= 0.6 is 0 Å². The van der Waals surface area contributed by atoms with Crippen molar-refractivity contribution >= 4 is 11.6 Å². The van der Waals surface area contributed by atoms with Gasteiger partial charge in [-0.3, -0.25) is 4.79 Å². The van der Waals surface area contributed by atoms with Crippen molar-refractivity contribution in [3.8, 4) is 0 Å². The van der Waals surface area contributed by atoms with Crippen LogP contribution in [0, 0.1) is 6.92 Å². The van der Waals surface area contributed by atoms with Gasteiger partial charge in [0, 0.05) is 25.4 Å². The molecule has 2 aromatic heterocycles. The van der Waals surface area contributed by atoms with Gasteiger partial charge in [0.05, 0.1) is 11.6 Å². The van der Waals surface area contributed by atoms with Crippen molar-refractivity contribution in [2.75, 3.05) is 6.54 Å². The predicted molar refractivity (Wildman–Crippen MR) is 96.1 cm³/mol. The number of aryl methyl sites for hydroxylation is 1. The van der Waals surface area contributed by atoms with E-state index in [2.05, 4.69) is 23.3 Å². The number of aromatic nitrogens is 2. The molecule has 0 unspecified atom stereocenters. The smallest absolute Gasteiger partial charge is 0.227 e. The van der Waals surface area contributed by atoms with E-state index in [0.717, 1.165) is 35.3 Å². The van der Waals surface area contributed by atoms with Crippen LogP contribution < -0.4 is 5.32 Å². The summed E-state index contributed by atoms with van der Waals surface area (Å²) in [5.41, 5.74) is 4.20. The second kappa shape index (κ2) is 7.30. The van der Waals surface area contributed by atoms with Gasteiger partial charge in [-0.15, -0.1) is 0 Å². The van der Waals surface area contributed by atoms with Crippen molar-refractivity contribution in [3.05, 3.63) is 71.7 Å². The molecule has 0 aliphatic rings. The van der Waals surface area contributed by atoms with Crippen LogP contribution in [0.25, 0.3) is 5.65 Å². The van der Waals surface area contributed by atoms with Crippen molar-refractivity contribution < 1.29 is 4.79 Å². The summed E-state index contributed by atoms with van der Waals surface area (Å²) in [7, 11) is 0. The first-order valence-corrected chi connectivity index (χ1v) is 8.45. The predicted octanol–water partition coefficient (Wildman–Crippen LogP) is 3.50. The lowest BCUT2D eigenvalue weighted by molar-refractivity contribution is -0.122. The number of nitrogens with zero attached hydrogens (tertiary/aromatic N) is 2. The van der Waals surface area contributed by atoms with Crippen LogP contribution in [0.3, 0.4) is 0 Å². The zero-order valence-electron chi connectivity index (χ0n) is 14.2. The summed E-state index contributed by atoms with van der Waals surface area (Å²) in [6.45, 7) is 4.70. The van der Waals surface area contributed by atoms with Crippen molar-refractivity contribution in [1.29, 1.82) is 0 Å².